The van der Waals surface area contributed by atoms with Gasteiger partial charge in [-0.3, -0.25) is 9.59 Å². The van der Waals surface area contributed by atoms with E-state index in [9.17, 15) is 9.59 Å². The lowest BCUT2D eigenvalue weighted by molar-refractivity contribution is -0.128. The predicted octanol–water partition coefficient (Wildman–Crippen LogP) is 1.51. The predicted molar refractivity (Wildman–Crippen MR) is 117 cm³/mol. The molecule has 2 amide bonds. The van der Waals surface area contributed by atoms with Crippen LogP contribution in [0.25, 0.3) is 0 Å². The molecule has 2 heterocycles. The quantitative estimate of drug-likeness (QED) is 0.307. The van der Waals surface area contributed by atoms with Crippen molar-refractivity contribution >= 4 is 47.6 Å². The molecule has 1 aromatic heterocycles. The highest BCUT2D eigenvalue weighted by Gasteiger charge is 2.17. The molecule has 0 aromatic carbocycles. The lowest BCUT2D eigenvalue weighted by atomic mass is 10.3. The zero-order valence-electron chi connectivity index (χ0n) is 16.0. The Hall–Kier alpha value is -1.91. The topological polar surface area (TPSA) is 98.7 Å². The van der Waals surface area contributed by atoms with Crippen LogP contribution in [-0.4, -0.2) is 60.4 Å². The maximum atomic E-state index is 12.1. The van der Waals surface area contributed by atoms with Crippen molar-refractivity contribution in [2.24, 2.45) is 4.99 Å². The molecular weight excluding hydrogens is 459 g/mol. The molecule has 1 aromatic rings. The standard InChI is InChI=1S/C18H28N6O2.HI/c1-3-19-18(21-13-17(26)24-11-4-5-12-24)20-10-9-16(25)23-15-8-6-7-14(2)22-15;/h6-8H,3-5,9-13H2,1-2H3,(H2,19,20,21)(H,22,23,25);1H. The van der Waals surface area contributed by atoms with Gasteiger partial charge in [0.25, 0.3) is 0 Å². The Kier molecular flexibility index (Phi) is 10.7. The molecule has 3 N–H and O–H groups in total. The Morgan fingerprint density at radius 1 is 1.22 bits per heavy atom. The molecule has 0 spiro atoms. The van der Waals surface area contributed by atoms with Gasteiger partial charge in [-0.15, -0.1) is 24.0 Å². The van der Waals surface area contributed by atoms with Crippen LogP contribution in [-0.2, 0) is 9.59 Å². The fourth-order valence-electron chi connectivity index (χ4n) is 2.67. The van der Waals surface area contributed by atoms with E-state index < -0.39 is 0 Å². The zero-order valence-corrected chi connectivity index (χ0v) is 18.3. The Morgan fingerprint density at radius 2 is 1.96 bits per heavy atom. The monoisotopic (exact) mass is 488 g/mol. The van der Waals surface area contributed by atoms with Crippen molar-refractivity contribution in [1.29, 1.82) is 0 Å². The van der Waals surface area contributed by atoms with Gasteiger partial charge in [0.1, 0.15) is 12.4 Å². The van der Waals surface area contributed by atoms with Gasteiger partial charge in [0.15, 0.2) is 5.96 Å². The van der Waals surface area contributed by atoms with Gasteiger partial charge in [-0.1, -0.05) is 6.07 Å². The molecule has 9 heteroatoms. The van der Waals surface area contributed by atoms with E-state index in [-0.39, 0.29) is 48.8 Å². The molecule has 1 aliphatic rings. The highest BCUT2D eigenvalue weighted by Crippen LogP contribution is 2.07. The number of aryl methyl sites for hydroxylation is 1. The van der Waals surface area contributed by atoms with Gasteiger partial charge in [0.05, 0.1) is 0 Å². The molecule has 1 aliphatic heterocycles. The maximum Gasteiger partial charge on any atom is 0.244 e. The Labute approximate surface area is 177 Å². The fourth-order valence-corrected chi connectivity index (χ4v) is 2.67. The largest absolute Gasteiger partial charge is 0.357 e. The van der Waals surface area contributed by atoms with E-state index >= 15 is 0 Å². The number of carbonyl (C=O) groups excluding carboxylic acids is 2. The number of likely N-dealkylation sites (tertiary alicyclic amines) is 1. The summed E-state index contributed by atoms with van der Waals surface area (Å²) in [4.78, 5) is 34.4. The van der Waals surface area contributed by atoms with Crippen LogP contribution in [0.2, 0.25) is 0 Å². The van der Waals surface area contributed by atoms with Gasteiger partial charge < -0.3 is 20.9 Å². The molecule has 0 aliphatic carbocycles. The third-order valence-corrected chi connectivity index (χ3v) is 3.98. The van der Waals surface area contributed by atoms with Crippen LogP contribution in [0.4, 0.5) is 5.82 Å². The molecule has 1 saturated heterocycles. The van der Waals surface area contributed by atoms with Gasteiger partial charge in [-0.05, 0) is 38.8 Å². The van der Waals surface area contributed by atoms with Crippen molar-refractivity contribution < 1.29 is 9.59 Å². The molecule has 0 unspecified atom stereocenters. The number of hydrogen-bond acceptors (Lipinski definition) is 4. The average Bonchev–Trinajstić information content (AvgIpc) is 3.14. The number of rotatable bonds is 7. The number of guanidine groups is 1. The van der Waals surface area contributed by atoms with Crippen LogP contribution < -0.4 is 16.0 Å². The van der Waals surface area contributed by atoms with Gasteiger partial charge in [0.2, 0.25) is 11.8 Å². The first-order valence-corrected chi connectivity index (χ1v) is 9.12. The Balaban J connectivity index is 0.00000364. The SMILES string of the molecule is CCNC(=NCC(=O)N1CCCC1)NCCC(=O)Nc1cccc(C)n1.I. The van der Waals surface area contributed by atoms with Crippen LogP contribution in [0.5, 0.6) is 0 Å². The molecule has 0 saturated carbocycles. The summed E-state index contributed by atoms with van der Waals surface area (Å²) in [7, 11) is 0. The summed E-state index contributed by atoms with van der Waals surface area (Å²) in [5, 5.41) is 8.93. The smallest absolute Gasteiger partial charge is 0.244 e. The number of hydrogen-bond donors (Lipinski definition) is 3. The van der Waals surface area contributed by atoms with E-state index in [0.717, 1.165) is 31.6 Å². The first-order chi connectivity index (χ1) is 12.6. The summed E-state index contributed by atoms with van der Waals surface area (Å²) in [5.74, 6) is 1.01. The number of pyridine rings is 1. The van der Waals surface area contributed by atoms with E-state index in [1.807, 2.05) is 30.9 Å². The first-order valence-electron chi connectivity index (χ1n) is 9.12. The number of anilines is 1. The number of nitrogens with zero attached hydrogens (tertiary/aromatic N) is 3. The van der Waals surface area contributed by atoms with E-state index in [4.69, 9.17) is 0 Å². The number of carbonyl (C=O) groups is 2. The maximum absolute atomic E-state index is 12.1. The van der Waals surface area contributed by atoms with E-state index in [2.05, 4.69) is 25.9 Å². The van der Waals surface area contributed by atoms with E-state index in [1.54, 1.807) is 6.07 Å². The molecule has 1 fully saturated rings. The number of aromatic nitrogens is 1. The molecule has 0 atom stereocenters. The summed E-state index contributed by atoms with van der Waals surface area (Å²) in [5.41, 5.74) is 0.852. The summed E-state index contributed by atoms with van der Waals surface area (Å²) >= 11 is 0. The van der Waals surface area contributed by atoms with Crippen molar-refractivity contribution in [3.8, 4) is 0 Å². The molecular formula is C18H29IN6O2. The zero-order chi connectivity index (χ0) is 18.8. The second kappa shape index (κ2) is 12.5. The molecule has 0 bridgehead atoms. The van der Waals surface area contributed by atoms with E-state index in [0.29, 0.717) is 24.9 Å². The molecule has 150 valence electrons. The van der Waals surface area contributed by atoms with Gasteiger partial charge >= 0.3 is 0 Å². The molecule has 8 nitrogen and oxygen atoms in total. The van der Waals surface area contributed by atoms with Crippen LogP contribution in [0.3, 0.4) is 0 Å². The van der Waals surface area contributed by atoms with Gasteiger partial charge in [-0.2, -0.15) is 0 Å². The number of aliphatic imine (C=N–C) groups is 1. The lowest BCUT2D eigenvalue weighted by Gasteiger charge is -2.15. The molecule has 27 heavy (non-hydrogen) atoms. The van der Waals surface area contributed by atoms with Crippen LogP contribution in [0.15, 0.2) is 23.2 Å². The highest BCUT2D eigenvalue weighted by atomic mass is 127. The minimum Gasteiger partial charge on any atom is -0.357 e. The summed E-state index contributed by atoms with van der Waals surface area (Å²) in [6.45, 7) is 6.70. The van der Waals surface area contributed by atoms with Crippen LogP contribution >= 0.6 is 24.0 Å². The number of halogens is 1. The average molecular weight is 488 g/mol. The Bertz CT molecular complexity index is 646. The summed E-state index contributed by atoms with van der Waals surface area (Å²) in [6, 6.07) is 5.48. The second-order valence-electron chi connectivity index (χ2n) is 6.17. The van der Waals surface area contributed by atoms with E-state index in [1.165, 1.54) is 0 Å². The lowest BCUT2D eigenvalue weighted by Crippen LogP contribution is -2.40. The third kappa shape index (κ3) is 8.55. The van der Waals surface area contributed by atoms with Crippen molar-refractivity contribution in [1.82, 2.24) is 20.5 Å². The van der Waals surface area contributed by atoms with Crippen molar-refractivity contribution in [3.05, 3.63) is 23.9 Å². The van der Waals surface area contributed by atoms with Gasteiger partial charge in [-0.25, -0.2) is 9.98 Å². The second-order valence-corrected chi connectivity index (χ2v) is 6.17. The van der Waals surface area contributed by atoms with Crippen LogP contribution in [0, 0.1) is 6.92 Å². The number of nitrogens with one attached hydrogen (secondary N) is 3. The van der Waals surface area contributed by atoms with Crippen molar-refractivity contribution in [2.45, 2.75) is 33.1 Å². The van der Waals surface area contributed by atoms with Crippen molar-refractivity contribution in [3.63, 3.8) is 0 Å². The third-order valence-electron chi connectivity index (χ3n) is 3.98. The van der Waals surface area contributed by atoms with Gasteiger partial charge in [0, 0.05) is 38.3 Å². The molecule has 0 radical (unpaired) electrons. The molecule has 2 rings (SSSR count). The normalized spacial score (nSPS) is 13.7. The minimum absolute atomic E-state index is 0. The summed E-state index contributed by atoms with van der Waals surface area (Å²) in [6.07, 6.45) is 2.41. The van der Waals surface area contributed by atoms with Crippen LogP contribution in [0.1, 0.15) is 31.9 Å². The fraction of sp³-hybridized carbons (Fsp3) is 0.556. The highest BCUT2D eigenvalue weighted by molar-refractivity contribution is 14.0. The Morgan fingerprint density at radius 3 is 2.63 bits per heavy atom. The first kappa shape index (κ1) is 23.1. The summed E-state index contributed by atoms with van der Waals surface area (Å²) < 4.78 is 0. The number of amides is 2. The minimum atomic E-state index is -0.125. The van der Waals surface area contributed by atoms with Crippen molar-refractivity contribution in [2.75, 3.05) is 38.0 Å².